The highest BCUT2D eigenvalue weighted by atomic mass is 32.2. The third-order valence-corrected chi connectivity index (χ3v) is 4.32. The second kappa shape index (κ2) is 7.20. The molecule has 0 fully saturated rings. The SMILES string of the molecule is CCNCC(C)S(=O)(=O)CCCOC. The van der Waals surface area contributed by atoms with E-state index >= 15 is 0 Å². The Morgan fingerprint density at radius 1 is 1.43 bits per heavy atom. The molecule has 1 N–H and O–H groups in total. The first-order chi connectivity index (χ1) is 6.54. The van der Waals surface area contributed by atoms with Gasteiger partial charge in [0.2, 0.25) is 0 Å². The molecule has 0 aromatic carbocycles. The summed E-state index contributed by atoms with van der Waals surface area (Å²) in [6.07, 6.45) is 0.579. The van der Waals surface area contributed by atoms with E-state index in [1.165, 1.54) is 0 Å². The summed E-state index contributed by atoms with van der Waals surface area (Å²) in [6.45, 7) is 5.55. The Morgan fingerprint density at radius 3 is 2.57 bits per heavy atom. The smallest absolute Gasteiger partial charge is 0.154 e. The molecule has 5 heteroatoms. The monoisotopic (exact) mass is 223 g/mol. The fourth-order valence-electron chi connectivity index (χ4n) is 1.08. The van der Waals surface area contributed by atoms with Gasteiger partial charge in [-0.25, -0.2) is 8.42 Å². The van der Waals surface area contributed by atoms with Gasteiger partial charge in [0.15, 0.2) is 9.84 Å². The van der Waals surface area contributed by atoms with E-state index in [-0.39, 0.29) is 11.0 Å². The average molecular weight is 223 g/mol. The summed E-state index contributed by atoms with van der Waals surface area (Å²) < 4.78 is 28.0. The molecule has 0 rings (SSSR count). The summed E-state index contributed by atoms with van der Waals surface area (Å²) >= 11 is 0. The molecular weight excluding hydrogens is 202 g/mol. The van der Waals surface area contributed by atoms with Crippen molar-refractivity contribution in [1.82, 2.24) is 5.32 Å². The highest BCUT2D eigenvalue weighted by Crippen LogP contribution is 2.02. The third kappa shape index (κ3) is 5.57. The molecule has 4 nitrogen and oxygen atoms in total. The van der Waals surface area contributed by atoms with Crippen molar-refractivity contribution in [1.29, 1.82) is 0 Å². The zero-order valence-corrected chi connectivity index (χ0v) is 10.1. The van der Waals surface area contributed by atoms with Crippen LogP contribution in [0.5, 0.6) is 0 Å². The van der Waals surface area contributed by atoms with Crippen molar-refractivity contribution in [2.75, 3.05) is 32.6 Å². The first kappa shape index (κ1) is 13.9. The van der Waals surface area contributed by atoms with Crippen molar-refractivity contribution in [3.05, 3.63) is 0 Å². The predicted octanol–water partition coefficient (Wildman–Crippen LogP) is 0.436. The van der Waals surface area contributed by atoms with Crippen molar-refractivity contribution >= 4 is 9.84 Å². The van der Waals surface area contributed by atoms with Crippen LogP contribution in [0, 0.1) is 0 Å². The van der Waals surface area contributed by atoms with Crippen LogP contribution in [0.2, 0.25) is 0 Å². The van der Waals surface area contributed by atoms with Gasteiger partial charge < -0.3 is 10.1 Å². The zero-order valence-electron chi connectivity index (χ0n) is 9.25. The lowest BCUT2D eigenvalue weighted by atomic mass is 10.5. The van der Waals surface area contributed by atoms with Gasteiger partial charge in [-0.3, -0.25) is 0 Å². The van der Waals surface area contributed by atoms with Crippen LogP contribution in [-0.2, 0) is 14.6 Å². The van der Waals surface area contributed by atoms with E-state index < -0.39 is 9.84 Å². The van der Waals surface area contributed by atoms with Gasteiger partial charge in [-0.1, -0.05) is 6.92 Å². The van der Waals surface area contributed by atoms with Crippen LogP contribution in [0.1, 0.15) is 20.3 Å². The van der Waals surface area contributed by atoms with Crippen LogP contribution in [0.15, 0.2) is 0 Å². The maximum Gasteiger partial charge on any atom is 0.154 e. The van der Waals surface area contributed by atoms with Crippen LogP contribution in [0.4, 0.5) is 0 Å². The first-order valence-corrected chi connectivity index (χ1v) is 6.67. The molecule has 0 aromatic heterocycles. The Kier molecular flexibility index (Phi) is 7.13. The fraction of sp³-hybridized carbons (Fsp3) is 1.00. The molecule has 0 aliphatic heterocycles. The highest BCUT2D eigenvalue weighted by Gasteiger charge is 2.19. The molecule has 86 valence electrons. The maximum absolute atomic E-state index is 11.6. The largest absolute Gasteiger partial charge is 0.385 e. The first-order valence-electron chi connectivity index (χ1n) is 4.95. The normalized spacial score (nSPS) is 14.2. The van der Waals surface area contributed by atoms with Crippen molar-refractivity contribution in [2.24, 2.45) is 0 Å². The van der Waals surface area contributed by atoms with Gasteiger partial charge in [0.1, 0.15) is 0 Å². The fourth-order valence-corrected chi connectivity index (χ4v) is 2.37. The lowest BCUT2D eigenvalue weighted by molar-refractivity contribution is 0.199. The summed E-state index contributed by atoms with van der Waals surface area (Å²) in [6, 6.07) is 0. The number of hydrogen-bond donors (Lipinski definition) is 1. The molecule has 0 amide bonds. The minimum atomic E-state index is -2.95. The Morgan fingerprint density at radius 2 is 2.07 bits per heavy atom. The summed E-state index contributed by atoms with van der Waals surface area (Å²) in [5.74, 6) is 0.216. The second-order valence-corrected chi connectivity index (χ2v) is 5.87. The number of nitrogens with one attached hydrogen (secondary N) is 1. The van der Waals surface area contributed by atoms with Crippen LogP contribution >= 0.6 is 0 Å². The number of sulfone groups is 1. The summed E-state index contributed by atoms with van der Waals surface area (Å²) in [5, 5.41) is 2.73. The summed E-state index contributed by atoms with van der Waals surface area (Å²) in [5.41, 5.74) is 0. The van der Waals surface area contributed by atoms with E-state index in [1.807, 2.05) is 6.92 Å². The van der Waals surface area contributed by atoms with E-state index in [9.17, 15) is 8.42 Å². The maximum atomic E-state index is 11.6. The van der Waals surface area contributed by atoms with Gasteiger partial charge in [-0.2, -0.15) is 0 Å². The van der Waals surface area contributed by atoms with Gasteiger partial charge in [-0.05, 0) is 19.9 Å². The Bertz CT molecular complexity index is 226. The molecule has 0 saturated heterocycles. The Balaban J connectivity index is 3.91. The van der Waals surface area contributed by atoms with Gasteiger partial charge in [-0.15, -0.1) is 0 Å². The molecule has 0 spiro atoms. The standard InChI is InChI=1S/C9H21NO3S/c1-4-10-8-9(2)14(11,12)7-5-6-13-3/h9-10H,4-8H2,1-3H3. The number of hydrogen-bond acceptors (Lipinski definition) is 4. The quantitative estimate of drug-likeness (QED) is 0.607. The average Bonchev–Trinajstić information content (AvgIpc) is 2.14. The molecule has 1 unspecified atom stereocenters. The Hall–Kier alpha value is -0.130. The molecule has 0 bridgehead atoms. The van der Waals surface area contributed by atoms with E-state index in [2.05, 4.69) is 5.32 Å². The van der Waals surface area contributed by atoms with Crippen LogP contribution in [-0.4, -0.2) is 46.2 Å². The Labute approximate surface area is 86.9 Å². The van der Waals surface area contributed by atoms with E-state index in [0.717, 1.165) is 6.54 Å². The van der Waals surface area contributed by atoms with E-state index in [1.54, 1.807) is 14.0 Å². The van der Waals surface area contributed by atoms with Crippen molar-refractivity contribution in [2.45, 2.75) is 25.5 Å². The van der Waals surface area contributed by atoms with Crippen LogP contribution in [0.3, 0.4) is 0 Å². The van der Waals surface area contributed by atoms with Gasteiger partial charge in [0.05, 0.1) is 11.0 Å². The molecule has 1 atom stereocenters. The third-order valence-electron chi connectivity index (χ3n) is 2.07. The van der Waals surface area contributed by atoms with Gasteiger partial charge >= 0.3 is 0 Å². The molecule has 0 aliphatic carbocycles. The van der Waals surface area contributed by atoms with Crippen molar-refractivity contribution in [3.8, 4) is 0 Å². The van der Waals surface area contributed by atoms with Crippen molar-refractivity contribution < 1.29 is 13.2 Å². The molecule has 0 saturated carbocycles. The lowest BCUT2D eigenvalue weighted by Crippen LogP contribution is -2.32. The zero-order chi connectivity index (χ0) is 11.0. The van der Waals surface area contributed by atoms with E-state index in [4.69, 9.17) is 4.74 Å². The summed E-state index contributed by atoms with van der Waals surface area (Å²) in [4.78, 5) is 0. The second-order valence-electron chi connectivity index (χ2n) is 3.33. The van der Waals surface area contributed by atoms with Gasteiger partial charge in [0.25, 0.3) is 0 Å². The predicted molar refractivity (Wildman–Crippen MR) is 58.3 cm³/mol. The molecule has 0 aliphatic rings. The number of methoxy groups -OCH3 is 1. The minimum Gasteiger partial charge on any atom is -0.385 e. The lowest BCUT2D eigenvalue weighted by Gasteiger charge is -2.12. The van der Waals surface area contributed by atoms with E-state index in [0.29, 0.717) is 19.6 Å². The van der Waals surface area contributed by atoms with Crippen molar-refractivity contribution in [3.63, 3.8) is 0 Å². The molecule has 0 radical (unpaired) electrons. The van der Waals surface area contributed by atoms with Crippen LogP contribution < -0.4 is 5.32 Å². The number of ether oxygens (including phenoxy) is 1. The highest BCUT2D eigenvalue weighted by molar-refractivity contribution is 7.92. The molecular formula is C9H21NO3S. The minimum absolute atomic E-state index is 0.216. The molecule has 14 heavy (non-hydrogen) atoms. The topological polar surface area (TPSA) is 55.4 Å². The molecule has 0 aromatic rings. The number of rotatable bonds is 8. The van der Waals surface area contributed by atoms with Crippen LogP contribution in [0.25, 0.3) is 0 Å². The molecule has 0 heterocycles. The summed E-state index contributed by atoms with van der Waals surface area (Å²) in [7, 11) is -1.37. The van der Waals surface area contributed by atoms with Gasteiger partial charge in [0, 0.05) is 20.3 Å².